The molecule has 196 valence electrons. The van der Waals surface area contributed by atoms with Crippen LogP contribution in [0.4, 0.5) is 24.9 Å². The summed E-state index contributed by atoms with van der Waals surface area (Å²) >= 11 is 6.27. The number of nitrogens with one attached hydrogen (secondary N) is 1. The summed E-state index contributed by atoms with van der Waals surface area (Å²) in [6, 6.07) is 6.53. The summed E-state index contributed by atoms with van der Waals surface area (Å²) in [4.78, 5) is 30.2. The number of pyridine rings is 1. The Hall–Kier alpha value is -4.95. The number of hydrogen-bond donors (Lipinski definition) is 2. The van der Waals surface area contributed by atoms with Crippen molar-refractivity contribution >= 4 is 40.0 Å². The second kappa shape index (κ2) is 11.6. The van der Waals surface area contributed by atoms with Gasteiger partial charge in [-0.3, -0.25) is 9.36 Å². The highest BCUT2D eigenvalue weighted by molar-refractivity contribution is 6.35. The molecule has 0 spiro atoms. The smallest absolute Gasteiger partial charge is 0.267 e. The number of nitrogens with zero attached hydrogens (tertiary/aromatic N) is 5. The van der Waals surface area contributed by atoms with E-state index in [1.807, 2.05) is 0 Å². The lowest BCUT2D eigenvalue weighted by atomic mass is 10.2. The second-order valence-corrected chi connectivity index (χ2v) is 8.43. The van der Waals surface area contributed by atoms with Gasteiger partial charge in [-0.25, -0.2) is 28.1 Å². The van der Waals surface area contributed by atoms with Gasteiger partial charge in [-0.15, -0.1) is 0 Å². The molecule has 0 bridgehead atoms. The van der Waals surface area contributed by atoms with Crippen LogP contribution in [0, 0.1) is 17.7 Å². The van der Waals surface area contributed by atoms with Crippen LogP contribution in [0.2, 0.25) is 5.02 Å². The number of allylic oxidation sites excluding steroid dienone is 4. The van der Waals surface area contributed by atoms with Crippen molar-refractivity contribution in [2.45, 2.75) is 13.0 Å². The van der Waals surface area contributed by atoms with E-state index in [1.54, 1.807) is 19.1 Å². The van der Waals surface area contributed by atoms with Gasteiger partial charge in [0.05, 0.1) is 52.0 Å². The van der Waals surface area contributed by atoms with Gasteiger partial charge in [-0.05, 0) is 49.3 Å². The van der Waals surface area contributed by atoms with Crippen LogP contribution in [0.3, 0.4) is 0 Å². The molecule has 1 aromatic carbocycles. The molecule has 3 aromatic heterocycles. The van der Waals surface area contributed by atoms with E-state index in [0.29, 0.717) is 11.3 Å². The number of nitrogen functional groups attached to an aromatic ring is 1. The van der Waals surface area contributed by atoms with Crippen LogP contribution < -0.4 is 16.6 Å². The average Bonchev–Trinajstić information content (AvgIpc) is 2.88. The zero-order valence-electron chi connectivity index (χ0n) is 20.3. The van der Waals surface area contributed by atoms with Crippen LogP contribution in [-0.2, 0) is 0 Å². The van der Waals surface area contributed by atoms with E-state index in [2.05, 4.69) is 43.7 Å². The van der Waals surface area contributed by atoms with Gasteiger partial charge in [-0.2, -0.15) is 4.98 Å². The predicted molar refractivity (Wildman–Crippen MR) is 144 cm³/mol. The third kappa shape index (κ3) is 6.14. The topological polar surface area (TPSA) is 112 Å². The number of halogens is 4. The maximum Gasteiger partial charge on any atom is 0.267 e. The van der Waals surface area contributed by atoms with Crippen LogP contribution in [0.5, 0.6) is 0 Å². The first-order valence-corrected chi connectivity index (χ1v) is 11.6. The third-order valence-electron chi connectivity index (χ3n) is 5.27. The van der Waals surface area contributed by atoms with Gasteiger partial charge in [0.1, 0.15) is 29.0 Å². The van der Waals surface area contributed by atoms with Gasteiger partial charge in [0.2, 0.25) is 5.95 Å². The average molecular weight is 550 g/mol. The molecule has 3 N–H and O–H groups in total. The fraction of sp³-hybridized carbons (Fsp3) is 0.0741. The van der Waals surface area contributed by atoms with Crippen molar-refractivity contribution in [3.8, 4) is 11.8 Å². The highest BCUT2D eigenvalue weighted by atomic mass is 35.5. The van der Waals surface area contributed by atoms with E-state index in [4.69, 9.17) is 17.3 Å². The molecule has 8 nitrogen and oxygen atoms in total. The Morgan fingerprint density at radius 1 is 1.21 bits per heavy atom. The van der Waals surface area contributed by atoms with E-state index >= 15 is 0 Å². The highest BCUT2D eigenvalue weighted by Crippen LogP contribution is 2.26. The first-order valence-electron chi connectivity index (χ1n) is 11.2. The molecule has 0 radical (unpaired) electrons. The van der Waals surface area contributed by atoms with E-state index < -0.39 is 23.2 Å². The quantitative estimate of drug-likeness (QED) is 0.247. The van der Waals surface area contributed by atoms with Crippen LogP contribution in [0.15, 0.2) is 78.4 Å². The lowest BCUT2D eigenvalue weighted by Gasteiger charge is -2.21. The molecule has 0 aliphatic carbocycles. The van der Waals surface area contributed by atoms with Gasteiger partial charge in [0, 0.05) is 0 Å². The first-order chi connectivity index (χ1) is 18.7. The van der Waals surface area contributed by atoms with Gasteiger partial charge in [-0.1, -0.05) is 30.2 Å². The molecular weight excluding hydrogens is 531 g/mol. The highest BCUT2D eigenvalue weighted by Gasteiger charge is 2.21. The minimum Gasteiger partial charge on any atom is -0.368 e. The molecule has 4 aromatic rings. The molecule has 0 saturated heterocycles. The van der Waals surface area contributed by atoms with Gasteiger partial charge >= 0.3 is 0 Å². The van der Waals surface area contributed by atoms with Crippen LogP contribution >= 0.6 is 11.6 Å². The summed E-state index contributed by atoms with van der Waals surface area (Å²) in [7, 11) is 0. The Morgan fingerprint density at radius 3 is 2.69 bits per heavy atom. The van der Waals surface area contributed by atoms with Crippen molar-refractivity contribution < 1.29 is 13.2 Å². The maximum absolute atomic E-state index is 13.8. The largest absolute Gasteiger partial charge is 0.368 e. The Balaban J connectivity index is 1.86. The first kappa shape index (κ1) is 27.1. The predicted octanol–water partition coefficient (Wildman–Crippen LogP) is 5.34. The monoisotopic (exact) mass is 549 g/mol. The lowest BCUT2D eigenvalue weighted by Crippen LogP contribution is -2.28. The van der Waals surface area contributed by atoms with E-state index in [1.165, 1.54) is 24.4 Å². The number of rotatable bonds is 6. The number of benzene rings is 1. The number of nitrogens with two attached hydrogens (primary N) is 1. The molecule has 1 unspecified atom stereocenters. The Labute approximate surface area is 225 Å². The zero-order valence-corrected chi connectivity index (χ0v) is 21.0. The summed E-state index contributed by atoms with van der Waals surface area (Å²) < 4.78 is 41.3. The zero-order chi connectivity index (χ0) is 28.1. The Bertz CT molecular complexity index is 1760. The molecule has 12 heteroatoms. The normalized spacial score (nSPS) is 12.3. The number of aromatic nitrogens is 5. The van der Waals surface area contributed by atoms with Crippen LogP contribution in [0.1, 0.15) is 30.0 Å². The minimum atomic E-state index is -0.920. The second-order valence-electron chi connectivity index (χ2n) is 8.02. The van der Waals surface area contributed by atoms with Gasteiger partial charge < -0.3 is 11.1 Å². The summed E-state index contributed by atoms with van der Waals surface area (Å²) in [5.74, 6) is 4.38. The lowest BCUT2D eigenvalue weighted by molar-refractivity contribution is 0.621. The molecule has 39 heavy (non-hydrogen) atoms. The van der Waals surface area contributed by atoms with E-state index in [0.717, 1.165) is 22.9 Å². The van der Waals surface area contributed by atoms with E-state index in [-0.39, 0.29) is 45.5 Å². The van der Waals surface area contributed by atoms with E-state index in [9.17, 15) is 18.0 Å². The molecule has 0 amide bonds. The molecule has 1 atom stereocenters. The Morgan fingerprint density at radius 2 is 2.00 bits per heavy atom. The number of fused-ring (bicyclic) bond motifs is 1. The molecule has 4 rings (SSSR count). The van der Waals surface area contributed by atoms with Crippen molar-refractivity contribution in [2.24, 2.45) is 0 Å². The van der Waals surface area contributed by atoms with Crippen LogP contribution in [-0.4, -0.2) is 24.5 Å². The van der Waals surface area contributed by atoms with Crippen molar-refractivity contribution in [3.05, 3.63) is 112 Å². The maximum atomic E-state index is 13.8. The summed E-state index contributed by atoms with van der Waals surface area (Å²) in [6.45, 7) is 4.82. The molecule has 0 saturated carbocycles. The van der Waals surface area contributed by atoms with Crippen LogP contribution in [0.25, 0.3) is 16.6 Å². The fourth-order valence-corrected chi connectivity index (χ4v) is 3.86. The molecular formula is C27H19ClF3N7O. The number of anilines is 2. The minimum absolute atomic E-state index is 0.0578. The molecule has 0 aliphatic heterocycles. The SMILES string of the molecule is C=C(F)/C=C(\C=C\F)n1c(C(C)Nc2nc(N)ncc2C#Cc2ccc(F)cn2)nc2cccc(Cl)c2c1=O. The third-order valence-corrected chi connectivity index (χ3v) is 5.58. The summed E-state index contributed by atoms with van der Waals surface area (Å²) in [5.41, 5.74) is 5.81. The number of hydrogen-bond acceptors (Lipinski definition) is 7. The summed E-state index contributed by atoms with van der Waals surface area (Å²) in [6.07, 6.45) is 4.33. The van der Waals surface area contributed by atoms with Crippen molar-refractivity contribution in [1.29, 1.82) is 0 Å². The molecule has 0 fully saturated rings. The standard InChI is InChI=1S/C27H19ClF3N7O/c1-15(30)12-20(10-11-29)38-25(36-22-5-3-4-21(28)23(22)26(38)39)16(2)35-24-17(13-34-27(32)37-24)6-8-19-9-7-18(31)14-33-19/h3-5,7,9-14,16H,1H2,2H3,(H3,32,34,35,37)/b11-10+,20-12+. The van der Waals surface area contributed by atoms with Gasteiger partial charge in [0.25, 0.3) is 5.56 Å². The molecule has 0 aliphatic rings. The Kier molecular flexibility index (Phi) is 8.07. The summed E-state index contributed by atoms with van der Waals surface area (Å²) in [5, 5.41) is 3.25. The fourth-order valence-electron chi connectivity index (χ4n) is 3.61. The van der Waals surface area contributed by atoms with Crippen molar-refractivity contribution in [3.63, 3.8) is 0 Å². The van der Waals surface area contributed by atoms with Gasteiger partial charge in [0.15, 0.2) is 0 Å². The molecule has 3 heterocycles. The van der Waals surface area contributed by atoms with Crippen molar-refractivity contribution in [2.75, 3.05) is 11.1 Å². The van der Waals surface area contributed by atoms with Crippen molar-refractivity contribution in [1.82, 2.24) is 24.5 Å².